The quantitative estimate of drug-likeness (QED) is 0.629. The molecule has 5 nitrogen and oxygen atoms in total. The number of methoxy groups -OCH3 is 1. The molecule has 0 bridgehead atoms. The van der Waals surface area contributed by atoms with E-state index in [2.05, 4.69) is 33.9 Å². The predicted molar refractivity (Wildman–Crippen MR) is 112 cm³/mol. The van der Waals surface area contributed by atoms with Crippen LogP contribution in [0, 0.1) is 0 Å². The van der Waals surface area contributed by atoms with Crippen molar-refractivity contribution in [1.82, 2.24) is 9.88 Å². The molecule has 0 radical (unpaired) electrons. The van der Waals surface area contributed by atoms with E-state index in [1.807, 2.05) is 43.5 Å². The van der Waals surface area contributed by atoms with Gasteiger partial charge in [-0.1, -0.05) is 37.3 Å². The molecular formula is C22H27BrN2O3. The van der Waals surface area contributed by atoms with E-state index in [-0.39, 0.29) is 17.6 Å². The number of carbonyl (C=O) groups excluding carboxylic acids is 1. The average molecular weight is 447 g/mol. The number of amides is 1. The molecule has 1 aromatic carbocycles. The highest BCUT2D eigenvalue weighted by Crippen LogP contribution is 2.37. The van der Waals surface area contributed by atoms with Crippen LogP contribution >= 0.6 is 15.9 Å². The molecule has 28 heavy (non-hydrogen) atoms. The minimum Gasteiger partial charge on any atom is -0.445 e. The number of nitrogens with zero attached hydrogens (tertiary/aromatic N) is 2. The van der Waals surface area contributed by atoms with Gasteiger partial charge < -0.3 is 14.4 Å². The topological polar surface area (TPSA) is 51.7 Å². The van der Waals surface area contributed by atoms with Gasteiger partial charge in [0.25, 0.3) is 0 Å². The molecule has 1 aliphatic rings. The molecule has 1 saturated heterocycles. The van der Waals surface area contributed by atoms with E-state index >= 15 is 0 Å². The summed E-state index contributed by atoms with van der Waals surface area (Å²) in [5.41, 5.74) is 3.07. The summed E-state index contributed by atoms with van der Waals surface area (Å²) in [5.74, 6) is 0. The second-order valence-corrected chi connectivity index (χ2v) is 8.41. The van der Waals surface area contributed by atoms with Crippen LogP contribution in [0.15, 0.2) is 47.1 Å². The number of benzene rings is 1. The van der Waals surface area contributed by atoms with Crippen LogP contribution in [0.3, 0.4) is 0 Å². The Morgan fingerprint density at radius 3 is 2.57 bits per heavy atom. The van der Waals surface area contributed by atoms with E-state index in [1.54, 1.807) is 12.0 Å². The maximum Gasteiger partial charge on any atom is 0.410 e. The third-order valence-electron chi connectivity index (χ3n) is 5.64. The van der Waals surface area contributed by atoms with Crippen LogP contribution in [0.4, 0.5) is 4.79 Å². The molecule has 3 rings (SSSR count). The Morgan fingerprint density at radius 2 is 1.96 bits per heavy atom. The maximum atomic E-state index is 12.4. The molecule has 2 aromatic rings. The van der Waals surface area contributed by atoms with Gasteiger partial charge in [0, 0.05) is 30.9 Å². The lowest BCUT2D eigenvalue weighted by atomic mass is 9.75. The molecule has 0 saturated carbocycles. The molecule has 2 heterocycles. The Morgan fingerprint density at radius 1 is 1.29 bits per heavy atom. The molecule has 0 spiro atoms. The van der Waals surface area contributed by atoms with Gasteiger partial charge in [-0.3, -0.25) is 4.98 Å². The SMILES string of the molecule is CO[C@@H](C)c1ncc(C2(C)CCN(C(=O)OCc3ccccc3)CC2)cc1Br. The van der Waals surface area contributed by atoms with Gasteiger partial charge in [-0.2, -0.15) is 0 Å². The van der Waals surface area contributed by atoms with Crippen LogP contribution in [0.25, 0.3) is 0 Å². The van der Waals surface area contributed by atoms with Crippen molar-refractivity contribution in [3.05, 3.63) is 63.9 Å². The normalized spacial score (nSPS) is 17.2. The maximum absolute atomic E-state index is 12.4. The number of pyridine rings is 1. The first-order valence-electron chi connectivity index (χ1n) is 9.57. The van der Waals surface area contributed by atoms with Crippen LogP contribution in [0.2, 0.25) is 0 Å². The number of hydrogen-bond donors (Lipinski definition) is 0. The largest absolute Gasteiger partial charge is 0.445 e. The molecule has 1 aromatic heterocycles. The van der Waals surface area contributed by atoms with E-state index < -0.39 is 0 Å². The van der Waals surface area contributed by atoms with Crippen LogP contribution in [0.1, 0.15) is 49.6 Å². The number of hydrogen-bond acceptors (Lipinski definition) is 4. The van der Waals surface area contributed by atoms with Gasteiger partial charge in [-0.15, -0.1) is 0 Å². The summed E-state index contributed by atoms with van der Waals surface area (Å²) in [6.07, 6.45) is 3.40. The number of rotatable bonds is 5. The van der Waals surface area contributed by atoms with E-state index in [4.69, 9.17) is 9.47 Å². The summed E-state index contributed by atoms with van der Waals surface area (Å²) in [6, 6.07) is 11.9. The second kappa shape index (κ2) is 9.05. The average Bonchev–Trinajstić information content (AvgIpc) is 2.72. The zero-order valence-electron chi connectivity index (χ0n) is 16.7. The zero-order chi connectivity index (χ0) is 20.1. The Kier molecular flexibility index (Phi) is 6.73. The lowest BCUT2D eigenvalue weighted by Crippen LogP contribution is -2.44. The highest BCUT2D eigenvalue weighted by atomic mass is 79.9. The van der Waals surface area contributed by atoms with E-state index in [0.717, 1.165) is 28.6 Å². The predicted octanol–water partition coefficient (Wildman–Crippen LogP) is 5.24. The standard InChI is InChI=1S/C22H27BrN2O3/c1-16(27-3)20-19(23)13-18(14-24-20)22(2)9-11-25(12-10-22)21(26)28-15-17-7-5-4-6-8-17/h4-8,13-14,16H,9-12,15H2,1-3H3/t16-/m0/s1. The van der Waals surface area contributed by atoms with Crippen molar-refractivity contribution < 1.29 is 14.3 Å². The van der Waals surface area contributed by atoms with Crippen molar-refractivity contribution in [3.8, 4) is 0 Å². The fourth-order valence-electron chi connectivity index (χ4n) is 3.47. The van der Waals surface area contributed by atoms with Crippen molar-refractivity contribution >= 4 is 22.0 Å². The summed E-state index contributed by atoms with van der Waals surface area (Å²) in [5, 5.41) is 0. The number of carbonyl (C=O) groups is 1. The van der Waals surface area contributed by atoms with Gasteiger partial charge in [-0.25, -0.2) is 4.79 Å². The van der Waals surface area contributed by atoms with Crippen LogP contribution in [-0.4, -0.2) is 36.2 Å². The van der Waals surface area contributed by atoms with Crippen LogP contribution in [-0.2, 0) is 21.5 Å². The number of aromatic nitrogens is 1. The van der Waals surface area contributed by atoms with Crippen molar-refractivity contribution in [2.45, 2.75) is 44.8 Å². The highest BCUT2D eigenvalue weighted by Gasteiger charge is 2.34. The number of halogens is 1. The van der Waals surface area contributed by atoms with Gasteiger partial charge in [0.15, 0.2) is 0 Å². The van der Waals surface area contributed by atoms with Gasteiger partial charge >= 0.3 is 6.09 Å². The fourth-order valence-corrected chi connectivity index (χ4v) is 4.14. The van der Waals surface area contributed by atoms with E-state index in [0.29, 0.717) is 19.7 Å². The first kappa shape index (κ1) is 20.8. The lowest BCUT2D eigenvalue weighted by molar-refractivity contribution is 0.0792. The third-order valence-corrected chi connectivity index (χ3v) is 6.27. The molecule has 0 unspecified atom stereocenters. The summed E-state index contributed by atoms with van der Waals surface area (Å²) in [6.45, 7) is 5.88. The number of piperidine rings is 1. The van der Waals surface area contributed by atoms with E-state index in [1.165, 1.54) is 5.56 Å². The summed E-state index contributed by atoms with van der Waals surface area (Å²) in [4.78, 5) is 18.8. The first-order valence-corrected chi connectivity index (χ1v) is 10.4. The first-order chi connectivity index (χ1) is 13.4. The minimum absolute atomic E-state index is 0.0133. The molecular weight excluding hydrogens is 420 g/mol. The monoisotopic (exact) mass is 446 g/mol. The molecule has 1 atom stereocenters. The van der Waals surface area contributed by atoms with E-state index in [9.17, 15) is 4.79 Å². The smallest absolute Gasteiger partial charge is 0.410 e. The molecule has 0 aliphatic carbocycles. The number of likely N-dealkylation sites (tertiary alicyclic amines) is 1. The Balaban J connectivity index is 1.59. The van der Waals surface area contributed by atoms with Crippen LogP contribution in [0.5, 0.6) is 0 Å². The molecule has 150 valence electrons. The molecule has 1 fully saturated rings. The second-order valence-electron chi connectivity index (χ2n) is 7.56. The minimum atomic E-state index is -0.241. The fraction of sp³-hybridized carbons (Fsp3) is 0.455. The van der Waals surface area contributed by atoms with Crippen molar-refractivity contribution in [1.29, 1.82) is 0 Å². The number of ether oxygens (including phenoxy) is 2. The molecule has 1 aliphatic heterocycles. The third kappa shape index (κ3) is 4.73. The zero-order valence-corrected chi connectivity index (χ0v) is 18.2. The van der Waals surface area contributed by atoms with Crippen molar-refractivity contribution in [2.24, 2.45) is 0 Å². The van der Waals surface area contributed by atoms with Gasteiger partial charge in [0.2, 0.25) is 0 Å². The van der Waals surface area contributed by atoms with Crippen molar-refractivity contribution in [3.63, 3.8) is 0 Å². The summed E-state index contributed by atoms with van der Waals surface area (Å²) in [7, 11) is 1.68. The van der Waals surface area contributed by atoms with Crippen molar-refractivity contribution in [2.75, 3.05) is 20.2 Å². The van der Waals surface area contributed by atoms with Gasteiger partial charge in [0.1, 0.15) is 6.61 Å². The molecule has 1 amide bonds. The summed E-state index contributed by atoms with van der Waals surface area (Å²) >= 11 is 3.63. The lowest BCUT2D eigenvalue weighted by Gasteiger charge is -2.39. The Hall–Kier alpha value is -1.92. The Bertz CT molecular complexity index is 805. The highest BCUT2D eigenvalue weighted by molar-refractivity contribution is 9.10. The van der Waals surface area contributed by atoms with Crippen LogP contribution < -0.4 is 0 Å². The van der Waals surface area contributed by atoms with Gasteiger partial charge in [0.05, 0.1) is 11.8 Å². The Labute approximate surface area is 175 Å². The molecule has 0 N–H and O–H groups in total. The summed E-state index contributed by atoms with van der Waals surface area (Å²) < 4.78 is 11.8. The van der Waals surface area contributed by atoms with Gasteiger partial charge in [-0.05, 0) is 58.3 Å². The molecule has 6 heteroatoms.